The van der Waals surface area contributed by atoms with Gasteiger partial charge in [-0.3, -0.25) is 4.79 Å². The summed E-state index contributed by atoms with van der Waals surface area (Å²) in [6.07, 6.45) is 4.89. The van der Waals surface area contributed by atoms with Gasteiger partial charge in [0.1, 0.15) is 5.78 Å². The maximum atomic E-state index is 12.5. The van der Waals surface area contributed by atoms with Crippen LogP contribution in [0.4, 0.5) is 0 Å². The average Bonchev–Trinajstić information content (AvgIpc) is 2.41. The smallest absolute Gasteiger partial charge is 0.140 e. The lowest BCUT2D eigenvalue weighted by Gasteiger charge is -2.36. The fourth-order valence-corrected chi connectivity index (χ4v) is 4.02. The first-order valence-corrected chi connectivity index (χ1v) is 8.91. The summed E-state index contributed by atoms with van der Waals surface area (Å²) in [7, 11) is 0. The lowest BCUT2D eigenvalue weighted by Crippen LogP contribution is -2.29. The molecule has 0 amide bonds. The summed E-state index contributed by atoms with van der Waals surface area (Å²) < 4.78 is 0.953. The number of carbonyl (C=O) groups is 1. The largest absolute Gasteiger partial charge is 0.299 e. The fourth-order valence-electron chi connectivity index (χ4n) is 3.28. The zero-order valence-electron chi connectivity index (χ0n) is 13.1. The number of halogens is 2. The van der Waals surface area contributed by atoms with E-state index in [2.05, 4.69) is 36.7 Å². The third-order valence-electron chi connectivity index (χ3n) is 4.79. The Labute approximate surface area is 141 Å². The normalized spacial score (nSPS) is 23.1. The molecule has 0 aromatic heterocycles. The second kappa shape index (κ2) is 6.83. The van der Waals surface area contributed by atoms with Gasteiger partial charge in [-0.15, -0.1) is 0 Å². The summed E-state index contributed by atoms with van der Waals surface area (Å²) in [4.78, 5) is 12.5. The van der Waals surface area contributed by atoms with Gasteiger partial charge in [-0.2, -0.15) is 0 Å². The van der Waals surface area contributed by atoms with E-state index in [4.69, 9.17) is 11.6 Å². The maximum absolute atomic E-state index is 12.5. The summed E-state index contributed by atoms with van der Waals surface area (Å²) in [5, 5.41) is 0.682. The fraction of sp³-hybridized carbons (Fsp3) is 0.611. The van der Waals surface area contributed by atoms with E-state index in [-0.39, 0.29) is 5.92 Å². The molecule has 1 aromatic rings. The molecular formula is C18H24BrClO. The molecule has 0 radical (unpaired) electrons. The number of hydrogen-bond acceptors (Lipinski definition) is 1. The second-order valence-electron chi connectivity index (χ2n) is 7.29. The van der Waals surface area contributed by atoms with Gasteiger partial charge in [-0.05, 0) is 54.7 Å². The molecule has 0 unspecified atom stereocenters. The molecule has 3 heteroatoms. The Bertz CT molecular complexity index is 510. The Hall–Kier alpha value is -0.340. The van der Waals surface area contributed by atoms with Crippen LogP contribution in [0.2, 0.25) is 5.02 Å². The van der Waals surface area contributed by atoms with E-state index in [1.807, 2.05) is 18.2 Å². The molecule has 21 heavy (non-hydrogen) atoms. The standard InChI is InChI=1S/C18H24BrClO/c1-18(2,3)14-7-4-12(5-8-14)17(21)10-13-6-9-15(19)11-16(13)20/h6,9,11-12,14H,4-5,7-8,10H2,1-3H3. The molecule has 1 aliphatic rings. The lowest BCUT2D eigenvalue weighted by molar-refractivity contribution is -0.123. The van der Waals surface area contributed by atoms with Crippen molar-refractivity contribution in [2.45, 2.75) is 52.9 Å². The van der Waals surface area contributed by atoms with Crippen LogP contribution in [0.3, 0.4) is 0 Å². The maximum Gasteiger partial charge on any atom is 0.140 e. The SMILES string of the molecule is CC(C)(C)C1CCC(C(=O)Cc2ccc(Br)cc2Cl)CC1. The minimum Gasteiger partial charge on any atom is -0.299 e. The first-order chi connectivity index (χ1) is 9.77. The van der Waals surface area contributed by atoms with Gasteiger partial charge in [0.2, 0.25) is 0 Å². The van der Waals surface area contributed by atoms with Gasteiger partial charge >= 0.3 is 0 Å². The molecule has 0 heterocycles. The van der Waals surface area contributed by atoms with Crippen molar-refractivity contribution in [3.8, 4) is 0 Å². The molecule has 1 aliphatic carbocycles. The number of benzene rings is 1. The first-order valence-electron chi connectivity index (χ1n) is 7.74. The van der Waals surface area contributed by atoms with Crippen molar-refractivity contribution in [3.05, 3.63) is 33.3 Å². The number of hydrogen-bond donors (Lipinski definition) is 0. The molecule has 116 valence electrons. The van der Waals surface area contributed by atoms with Gasteiger partial charge in [-0.1, -0.05) is 54.4 Å². The van der Waals surface area contributed by atoms with E-state index in [0.717, 1.165) is 28.8 Å². The highest BCUT2D eigenvalue weighted by Crippen LogP contribution is 2.40. The molecular weight excluding hydrogens is 348 g/mol. The molecule has 0 atom stereocenters. The van der Waals surface area contributed by atoms with Crippen molar-refractivity contribution in [1.82, 2.24) is 0 Å². The minimum absolute atomic E-state index is 0.225. The Kier molecular flexibility index (Phi) is 5.54. The van der Waals surface area contributed by atoms with Gasteiger partial charge in [0.15, 0.2) is 0 Å². The molecule has 0 saturated heterocycles. The highest BCUT2D eigenvalue weighted by Gasteiger charge is 2.32. The van der Waals surface area contributed by atoms with Crippen LogP contribution in [0.5, 0.6) is 0 Å². The number of Topliss-reactive ketones (excluding diaryl/α,β-unsaturated/α-hetero) is 1. The highest BCUT2D eigenvalue weighted by molar-refractivity contribution is 9.10. The lowest BCUT2D eigenvalue weighted by atomic mass is 9.69. The van der Waals surface area contributed by atoms with Crippen molar-refractivity contribution in [2.24, 2.45) is 17.3 Å². The minimum atomic E-state index is 0.225. The zero-order valence-corrected chi connectivity index (χ0v) is 15.4. The molecule has 0 aliphatic heterocycles. The van der Waals surface area contributed by atoms with Gasteiger partial charge in [0, 0.05) is 21.8 Å². The van der Waals surface area contributed by atoms with Crippen molar-refractivity contribution >= 4 is 33.3 Å². The summed E-state index contributed by atoms with van der Waals surface area (Å²) in [6, 6.07) is 5.76. The first kappa shape index (κ1) is 17.0. The van der Waals surface area contributed by atoms with E-state index in [9.17, 15) is 4.79 Å². The van der Waals surface area contributed by atoms with Crippen LogP contribution in [0, 0.1) is 17.3 Å². The predicted octanol–water partition coefficient (Wildman–Crippen LogP) is 6.07. The Morgan fingerprint density at radius 3 is 2.38 bits per heavy atom. The predicted molar refractivity (Wildman–Crippen MR) is 92.8 cm³/mol. The Morgan fingerprint density at radius 1 is 1.24 bits per heavy atom. The molecule has 0 bridgehead atoms. The van der Waals surface area contributed by atoms with E-state index < -0.39 is 0 Å². The Balaban J connectivity index is 1.93. The monoisotopic (exact) mass is 370 g/mol. The number of ketones is 1. The zero-order chi connectivity index (χ0) is 15.6. The van der Waals surface area contributed by atoms with Gasteiger partial charge in [0.25, 0.3) is 0 Å². The summed E-state index contributed by atoms with van der Waals surface area (Å²) in [6.45, 7) is 6.92. The van der Waals surface area contributed by atoms with Gasteiger partial charge in [0.05, 0.1) is 0 Å². The molecule has 1 saturated carbocycles. The summed E-state index contributed by atoms with van der Waals surface area (Å²) in [5.41, 5.74) is 1.31. The molecule has 1 fully saturated rings. The van der Waals surface area contributed by atoms with Crippen LogP contribution in [-0.4, -0.2) is 5.78 Å². The Morgan fingerprint density at radius 2 is 1.86 bits per heavy atom. The van der Waals surface area contributed by atoms with Crippen molar-refractivity contribution in [3.63, 3.8) is 0 Å². The quantitative estimate of drug-likeness (QED) is 0.630. The molecule has 1 nitrogen and oxygen atoms in total. The van der Waals surface area contributed by atoms with E-state index in [1.165, 1.54) is 12.8 Å². The van der Waals surface area contributed by atoms with Crippen LogP contribution in [0.15, 0.2) is 22.7 Å². The molecule has 2 rings (SSSR count). The van der Waals surface area contributed by atoms with E-state index in [0.29, 0.717) is 22.6 Å². The summed E-state index contributed by atoms with van der Waals surface area (Å²) in [5.74, 6) is 1.33. The van der Waals surface area contributed by atoms with Crippen LogP contribution in [0.25, 0.3) is 0 Å². The highest BCUT2D eigenvalue weighted by atomic mass is 79.9. The van der Waals surface area contributed by atoms with Crippen LogP contribution in [0.1, 0.15) is 52.0 Å². The molecule has 1 aromatic carbocycles. The number of rotatable bonds is 3. The number of carbonyl (C=O) groups excluding carboxylic acids is 1. The molecule has 0 N–H and O–H groups in total. The van der Waals surface area contributed by atoms with Gasteiger partial charge < -0.3 is 0 Å². The van der Waals surface area contributed by atoms with Crippen molar-refractivity contribution < 1.29 is 4.79 Å². The van der Waals surface area contributed by atoms with Crippen molar-refractivity contribution in [2.75, 3.05) is 0 Å². The molecule has 0 spiro atoms. The van der Waals surface area contributed by atoms with Crippen LogP contribution < -0.4 is 0 Å². The third kappa shape index (κ3) is 4.56. The van der Waals surface area contributed by atoms with E-state index in [1.54, 1.807) is 0 Å². The average molecular weight is 372 g/mol. The topological polar surface area (TPSA) is 17.1 Å². The summed E-state index contributed by atoms with van der Waals surface area (Å²) >= 11 is 9.61. The van der Waals surface area contributed by atoms with E-state index >= 15 is 0 Å². The van der Waals surface area contributed by atoms with Crippen molar-refractivity contribution in [1.29, 1.82) is 0 Å². The van der Waals surface area contributed by atoms with Crippen LogP contribution in [-0.2, 0) is 11.2 Å². The third-order valence-corrected chi connectivity index (χ3v) is 5.63. The second-order valence-corrected chi connectivity index (χ2v) is 8.62. The van der Waals surface area contributed by atoms with Crippen LogP contribution >= 0.6 is 27.5 Å². The van der Waals surface area contributed by atoms with Gasteiger partial charge in [-0.25, -0.2) is 0 Å².